The standard InChI is InChI=1S/C8H13N2O/c9-4-8-2-7(11)1-6(8)3-10-5-8/h6H,1-5,9H2. The summed E-state index contributed by atoms with van der Waals surface area (Å²) in [6.45, 7) is 2.32. The number of hydrogen-bond acceptors (Lipinski definition) is 2. The Bertz CT molecular complexity index is 193. The predicted octanol–water partition coefficient (Wildman–Crippen LogP) is -0.471. The highest BCUT2D eigenvalue weighted by Gasteiger charge is 2.49. The molecule has 2 atom stereocenters. The lowest BCUT2D eigenvalue weighted by Crippen LogP contribution is -2.34. The molecule has 1 heterocycles. The Kier molecular flexibility index (Phi) is 1.51. The molecule has 0 amide bonds. The number of ketones is 1. The molecule has 1 saturated carbocycles. The van der Waals surface area contributed by atoms with E-state index in [1.165, 1.54) is 0 Å². The van der Waals surface area contributed by atoms with Crippen molar-refractivity contribution >= 4 is 5.78 Å². The van der Waals surface area contributed by atoms with Crippen LogP contribution in [0.1, 0.15) is 12.8 Å². The van der Waals surface area contributed by atoms with E-state index in [4.69, 9.17) is 5.73 Å². The van der Waals surface area contributed by atoms with Crippen molar-refractivity contribution in [3.8, 4) is 0 Å². The number of Topliss-reactive ketones (excluding diaryl/α,β-unsaturated/α-hetero) is 1. The molecule has 0 aromatic heterocycles. The molecular formula is C8H13N2O. The fourth-order valence-electron chi connectivity index (χ4n) is 2.29. The molecule has 1 aliphatic heterocycles. The summed E-state index contributed by atoms with van der Waals surface area (Å²) in [5.41, 5.74) is 5.74. The highest BCUT2D eigenvalue weighted by atomic mass is 16.1. The molecule has 1 saturated heterocycles. The van der Waals surface area contributed by atoms with Gasteiger partial charge in [0.25, 0.3) is 0 Å². The van der Waals surface area contributed by atoms with Crippen LogP contribution in [0.2, 0.25) is 0 Å². The minimum Gasteiger partial charge on any atom is -0.330 e. The van der Waals surface area contributed by atoms with Crippen LogP contribution in [0.15, 0.2) is 0 Å². The highest BCUT2D eigenvalue weighted by molar-refractivity contribution is 5.82. The molecule has 61 valence electrons. The maximum Gasteiger partial charge on any atom is 0.133 e. The average Bonchev–Trinajstić information content (AvgIpc) is 2.43. The number of nitrogens with two attached hydrogens (primary N) is 1. The largest absolute Gasteiger partial charge is 0.330 e. The number of carbonyl (C=O) groups is 1. The second-order valence-electron chi connectivity index (χ2n) is 3.75. The van der Waals surface area contributed by atoms with Crippen LogP contribution in [-0.4, -0.2) is 25.4 Å². The Balaban J connectivity index is 2.21. The third-order valence-corrected chi connectivity index (χ3v) is 3.07. The summed E-state index contributed by atoms with van der Waals surface area (Å²) in [6.07, 6.45) is 1.40. The smallest absolute Gasteiger partial charge is 0.133 e. The van der Waals surface area contributed by atoms with Crippen LogP contribution < -0.4 is 11.1 Å². The lowest BCUT2D eigenvalue weighted by atomic mass is 9.81. The molecule has 3 nitrogen and oxygen atoms in total. The quantitative estimate of drug-likeness (QED) is 0.553. The van der Waals surface area contributed by atoms with E-state index in [-0.39, 0.29) is 5.41 Å². The fraction of sp³-hybridized carbons (Fsp3) is 0.875. The van der Waals surface area contributed by atoms with Gasteiger partial charge in [0.1, 0.15) is 5.78 Å². The molecule has 1 radical (unpaired) electrons. The molecule has 0 bridgehead atoms. The van der Waals surface area contributed by atoms with Crippen LogP contribution >= 0.6 is 0 Å². The summed E-state index contributed by atoms with van der Waals surface area (Å²) in [5, 5.41) is 4.31. The van der Waals surface area contributed by atoms with Crippen LogP contribution in [0.3, 0.4) is 0 Å². The zero-order chi connectivity index (χ0) is 7.90. The maximum atomic E-state index is 11.1. The Morgan fingerprint density at radius 2 is 2.55 bits per heavy atom. The minimum atomic E-state index is 0.0804. The predicted molar refractivity (Wildman–Crippen MR) is 41.1 cm³/mol. The van der Waals surface area contributed by atoms with Crippen molar-refractivity contribution in [1.82, 2.24) is 5.32 Å². The van der Waals surface area contributed by atoms with Crippen molar-refractivity contribution in [1.29, 1.82) is 0 Å². The topological polar surface area (TPSA) is 57.2 Å². The molecule has 11 heavy (non-hydrogen) atoms. The van der Waals surface area contributed by atoms with E-state index in [9.17, 15) is 4.79 Å². The lowest BCUT2D eigenvalue weighted by molar-refractivity contribution is -0.118. The summed E-state index contributed by atoms with van der Waals surface area (Å²) in [7, 11) is 0. The van der Waals surface area contributed by atoms with Crippen LogP contribution in [0.25, 0.3) is 0 Å². The van der Waals surface area contributed by atoms with Crippen LogP contribution in [-0.2, 0) is 4.79 Å². The van der Waals surface area contributed by atoms with Crippen molar-refractivity contribution in [2.45, 2.75) is 12.8 Å². The minimum absolute atomic E-state index is 0.0804. The van der Waals surface area contributed by atoms with E-state index in [0.717, 1.165) is 19.5 Å². The summed E-state index contributed by atoms with van der Waals surface area (Å²) in [5.74, 6) is 0.857. The Morgan fingerprint density at radius 3 is 3.18 bits per heavy atom. The Hall–Kier alpha value is -0.410. The first kappa shape index (κ1) is 7.25. The lowest BCUT2D eigenvalue weighted by Gasteiger charge is -2.24. The second-order valence-corrected chi connectivity index (χ2v) is 3.75. The van der Waals surface area contributed by atoms with Crippen molar-refractivity contribution < 1.29 is 4.79 Å². The highest BCUT2D eigenvalue weighted by Crippen LogP contribution is 2.43. The van der Waals surface area contributed by atoms with Gasteiger partial charge in [-0.25, -0.2) is 5.32 Å². The van der Waals surface area contributed by atoms with Crippen molar-refractivity contribution in [3.05, 3.63) is 0 Å². The van der Waals surface area contributed by atoms with E-state index in [2.05, 4.69) is 5.32 Å². The summed E-state index contributed by atoms with van der Waals surface area (Å²) in [6, 6.07) is 0. The molecule has 2 aliphatic rings. The van der Waals surface area contributed by atoms with E-state index in [0.29, 0.717) is 24.7 Å². The van der Waals surface area contributed by atoms with Crippen LogP contribution in [0.4, 0.5) is 0 Å². The maximum absolute atomic E-state index is 11.1. The van der Waals surface area contributed by atoms with E-state index < -0.39 is 0 Å². The molecule has 3 heteroatoms. The van der Waals surface area contributed by atoms with Gasteiger partial charge in [-0.05, 0) is 12.5 Å². The van der Waals surface area contributed by atoms with Crippen molar-refractivity contribution in [2.75, 3.05) is 19.6 Å². The van der Waals surface area contributed by atoms with Gasteiger partial charge in [0.05, 0.1) is 0 Å². The zero-order valence-electron chi connectivity index (χ0n) is 6.55. The first-order chi connectivity index (χ1) is 5.27. The van der Waals surface area contributed by atoms with Gasteiger partial charge in [-0.1, -0.05) is 0 Å². The molecule has 0 aromatic carbocycles. The summed E-state index contributed by atoms with van der Waals surface area (Å²) < 4.78 is 0. The molecule has 0 aromatic rings. The third-order valence-electron chi connectivity index (χ3n) is 3.07. The summed E-state index contributed by atoms with van der Waals surface area (Å²) in [4.78, 5) is 11.1. The van der Waals surface area contributed by atoms with E-state index in [1.807, 2.05) is 0 Å². The third kappa shape index (κ3) is 0.914. The summed E-state index contributed by atoms with van der Waals surface area (Å²) >= 11 is 0. The van der Waals surface area contributed by atoms with E-state index in [1.54, 1.807) is 0 Å². The normalized spacial score (nSPS) is 43.0. The fourth-order valence-corrected chi connectivity index (χ4v) is 2.29. The first-order valence-corrected chi connectivity index (χ1v) is 4.12. The molecule has 0 spiro atoms. The Morgan fingerprint density at radius 1 is 1.73 bits per heavy atom. The number of carbonyl (C=O) groups excluding carboxylic acids is 1. The van der Waals surface area contributed by atoms with Crippen LogP contribution in [0, 0.1) is 11.3 Å². The first-order valence-electron chi connectivity index (χ1n) is 4.12. The second kappa shape index (κ2) is 2.29. The van der Waals surface area contributed by atoms with Gasteiger partial charge < -0.3 is 5.73 Å². The van der Waals surface area contributed by atoms with Gasteiger partial charge >= 0.3 is 0 Å². The Labute approximate surface area is 66.3 Å². The van der Waals surface area contributed by atoms with Gasteiger partial charge in [0, 0.05) is 31.3 Å². The monoisotopic (exact) mass is 153 g/mol. The van der Waals surface area contributed by atoms with Crippen molar-refractivity contribution in [3.63, 3.8) is 0 Å². The molecule has 1 aliphatic carbocycles. The molecule has 2 N–H and O–H groups in total. The van der Waals surface area contributed by atoms with E-state index >= 15 is 0 Å². The molecule has 2 rings (SSSR count). The number of nitrogens with zero attached hydrogens (tertiary/aromatic N) is 1. The molecular weight excluding hydrogens is 140 g/mol. The number of hydrogen-bond donors (Lipinski definition) is 1. The molecule has 2 unspecified atom stereocenters. The number of rotatable bonds is 1. The number of fused-ring (bicyclic) bond motifs is 1. The van der Waals surface area contributed by atoms with Gasteiger partial charge in [-0.3, -0.25) is 4.79 Å². The van der Waals surface area contributed by atoms with Gasteiger partial charge in [0.2, 0.25) is 0 Å². The van der Waals surface area contributed by atoms with Crippen LogP contribution in [0.5, 0.6) is 0 Å². The van der Waals surface area contributed by atoms with Gasteiger partial charge in [0.15, 0.2) is 0 Å². The average molecular weight is 153 g/mol. The van der Waals surface area contributed by atoms with Gasteiger partial charge in [-0.2, -0.15) is 0 Å². The van der Waals surface area contributed by atoms with Crippen molar-refractivity contribution in [2.24, 2.45) is 17.1 Å². The molecule has 2 fully saturated rings. The van der Waals surface area contributed by atoms with Gasteiger partial charge in [-0.15, -0.1) is 0 Å². The zero-order valence-corrected chi connectivity index (χ0v) is 6.55. The SMILES string of the molecule is NCC12C[N]CC1CC(=O)C2.